The molecule has 2 aromatic heterocycles. The molecule has 0 fully saturated rings. The highest BCUT2D eigenvalue weighted by Crippen LogP contribution is 2.24. The van der Waals surface area contributed by atoms with Crippen molar-refractivity contribution in [3.8, 4) is 5.88 Å². The van der Waals surface area contributed by atoms with Crippen LogP contribution in [0.3, 0.4) is 0 Å². The molecule has 0 atom stereocenters. The van der Waals surface area contributed by atoms with Crippen molar-refractivity contribution in [1.82, 2.24) is 14.5 Å². The molecule has 3 rings (SSSR count). The summed E-state index contributed by atoms with van der Waals surface area (Å²) >= 11 is 0. The van der Waals surface area contributed by atoms with Crippen molar-refractivity contribution in [2.45, 2.75) is 19.9 Å². The molecule has 2 heterocycles. The summed E-state index contributed by atoms with van der Waals surface area (Å²) in [6, 6.07) is 7.92. The van der Waals surface area contributed by atoms with Crippen molar-refractivity contribution >= 4 is 28.7 Å². The van der Waals surface area contributed by atoms with Crippen LogP contribution in [0.15, 0.2) is 35.3 Å². The van der Waals surface area contributed by atoms with E-state index in [9.17, 15) is 20.0 Å². The lowest BCUT2D eigenvalue weighted by Crippen LogP contribution is -2.14. The molecule has 0 aliphatic rings. The summed E-state index contributed by atoms with van der Waals surface area (Å²) in [6.45, 7) is 2.97. The normalized spacial score (nSPS) is 11.4. The number of aromatic amines is 1. The number of aryl methyl sites for hydroxylation is 1. The van der Waals surface area contributed by atoms with E-state index in [1.807, 2.05) is 30.5 Å². The predicted molar refractivity (Wildman–Crippen MR) is 94.3 cm³/mol. The second-order valence-electron chi connectivity index (χ2n) is 5.51. The van der Waals surface area contributed by atoms with E-state index in [4.69, 9.17) is 0 Å². The zero-order valence-electron chi connectivity index (χ0n) is 13.5. The van der Waals surface area contributed by atoms with Gasteiger partial charge in [-0.15, -0.1) is 0 Å². The fourth-order valence-electron chi connectivity index (χ4n) is 2.72. The molecule has 0 aliphatic carbocycles. The van der Waals surface area contributed by atoms with Gasteiger partial charge >= 0.3 is 11.2 Å². The highest BCUT2D eigenvalue weighted by Gasteiger charge is 2.21. The van der Waals surface area contributed by atoms with E-state index in [2.05, 4.69) is 21.5 Å². The zero-order valence-corrected chi connectivity index (χ0v) is 13.5. The first-order valence-corrected chi connectivity index (χ1v) is 7.75. The average Bonchev–Trinajstić information content (AvgIpc) is 2.91. The number of rotatable bonds is 5. The van der Waals surface area contributed by atoms with Crippen LogP contribution in [0, 0.1) is 10.1 Å². The molecule has 0 bridgehead atoms. The topological polar surface area (TPSA) is 114 Å². The molecule has 1 aromatic carbocycles. The maximum absolute atomic E-state index is 11.7. The van der Waals surface area contributed by atoms with Crippen LogP contribution in [0.5, 0.6) is 5.88 Å². The van der Waals surface area contributed by atoms with Crippen molar-refractivity contribution in [2.24, 2.45) is 0 Å². The third kappa shape index (κ3) is 3.14. The number of hydrogen-bond donors (Lipinski definition) is 2. The van der Waals surface area contributed by atoms with Crippen molar-refractivity contribution in [2.75, 3.05) is 0 Å². The molecule has 0 spiro atoms. The van der Waals surface area contributed by atoms with Gasteiger partial charge in [0.1, 0.15) is 5.82 Å². The number of nitrogens with one attached hydrogen (secondary N) is 1. The quantitative estimate of drug-likeness (QED) is 0.547. The Morgan fingerprint density at radius 1 is 1.36 bits per heavy atom. The standard InChI is InChI=1S/C17H16N4O4/c1-2-9-20-10-11(12-5-3-4-6-13(12)20)7-8-14-18-16(22)15(21(24)25)17(23)19-14/h3-8,10H,2,9H2,1H3,(H2,18,19,22,23). The molecule has 8 nitrogen and oxygen atoms in total. The van der Waals surface area contributed by atoms with Crippen LogP contribution in [-0.4, -0.2) is 24.6 Å². The Balaban J connectivity index is 2.02. The van der Waals surface area contributed by atoms with Crippen LogP contribution < -0.4 is 5.56 Å². The molecular weight excluding hydrogens is 324 g/mol. The third-order valence-electron chi connectivity index (χ3n) is 3.78. The second-order valence-corrected chi connectivity index (χ2v) is 5.51. The monoisotopic (exact) mass is 340 g/mol. The van der Waals surface area contributed by atoms with Gasteiger partial charge in [-0.05, 0) is 24.6 Å². The second kappa shape index (κ2) is 6.60. The number of hydrogen-bond acceptors (Lipinski definition) is 5. The molecular formula is C17H16N4O4. The Morgan fingerprint density at radius 3 is 2.80 bits per heavy atom. The van der Waals surface area contributed by atoms with Gasteiger partial charge in [0, 0.05) is 29.2 Å². The Labute approximate surface area is 142 Å². The Hall–Kier alpha value is -3.42. The van der Waals surface area contributed by atoms with E-state index < -0.39 is 22.0 Å². The predicted octanol–water partition coefficient (Wildman–Crippen LogP) is 2.92. The molecule has 0 aliphatic heterocycles. The summed E-state index contributed by atoms with van der Waals surface area (Å²) in [5.41, 5.74) is 0.0591. The number of para-hydroxylation sites is 1. The molecule has 0 saturated heterocycles. The van der Waals surface area contributed by atoms with E-state index in [0.717, 1.165) is 29.4 Å². The van der Waals surface area contributed by atoms with Crippen molar-refractivity contribution in [1.29, 1.82) is 0 Å². The summed E-state index contributed by atoms with van der Waals surface area (Å²) in [4.78, 5) is 27.4. The minimum Gasteiger partial charge on any atom is -0.488 e. The first-order valence-electron chi connectivity index (χ1n) is 7.75. The van der Waals surface area contributed by atoms with Gasteiger partial charge in [0.15, 0.2) is 0 Å². The van der Waals surface area contributed by atoms with Gasteiger partial charge in [-0.25, -0.2) is 0 Å². The Bertz CT molecular complexity index is 1030. The first-order chi connectivity index (χ1) is 12.0. The lowest BCUT2D eigenvalue weighted by Gasteiger charge is -2.01. The van der Waals surface area contributed by atoms with Crippen LogP contribution in [0.25, 0.3) is 23.1 Å². The summed E-state index contributed by atoms with van der Waals surface area (Å²) in [6.07, 6.45) is 6.24. The third-order valence-corrected chi connectivity index (χ3v) is 3.78. The number of nitrogens with zero attached hydrogens (tertiary/aromatic N) is 3. The maximum Gasteiger partial charge on any atom is 0.395 e. The molecule has 8 heteroatoms. The van der Waals surface area contributed by atoms with Crippen molar-refractivity contribution in [3.63, 3.8) is 0 Å². The van der Waals surface area contributed by atoms with Crippen LogP contribution >= 0.6 is 0 Å². The average molecular weight is 340 g/mol. The number of fused-ring (bicyclic) bond motifs is 1. The van der Waals surface area contributed by atoms with E-state index in [-0.39, 0.29) is 5.82 Å². The van der Waals surface area contributed by atoms with Gasteiger partial charge < -0.3 is 14.7 Å². The molecule has 0 radical (unpaired) electrons. The lowest BCUT2D eigenvalue weighted by atomic mass is 10.1. The number of aromatic hydroxyl groups is 1. The lowest BCUT2D eigenvalue weighted by molar-refractivity contribution is -0.387. The molecule has 25 heavy (non-hydrogen) atoms. The number of benzene rings is 1. The van der Waals surface area contributed by atoms with Gasteiger partial charge in [-0.2, -0.15) is 4.98 Å². The minimum atomic E-state index is -0.995. The van der Waals surface area contributed by atoms with Gasteiger partial charge in [0.25, 0.3) is 5.88 Å². The molecule has 3 aromatic rings. The van der Waals surface area contributed by atoms with Crippen LogP contribution in [0.4, 0.5) is 5.69 Å². The summed E-state index contributed by atoms with van der Waals surface area (Å²) in [5, 5.41) is 21.3. The smallest absolute Gasteiger partial charge is 0.395 e. The minimum absolute atomic E-state index is 0.0421. The number of H-pyrrole nitrogens is 1. The largest absolute Gasteiger partial charge is 0.488 e. The van der Waals surface area contributed by atoms with E-state index in [1.165, 1.54) is 6.08 Å². The number of nitro groups is 1. The highest BCUT2D eigenvalue weighted by molar-refractivity contribution is 5.91. The fraction of sp³-hybridized carbons (Fsp3) is 0.176. The van der Waals surface area contributed by atoms with Gasteiger partial charge in [0.2, 0.25) is 0 Å². The molecule has 2 N–H and O–H groups in total. The summed E-state index contributed by atoms with van der Waals surface area (Å²) in [5.74, 6) is -0.859. The van der Waals surface area contributed by atoms with Crippen LogP contribution in [0.2, 0.25) is 0 Å². The van der Waals surface area contributed by atoms with E-state index in [0.29, 0.717) is 0 Å². The number of aromatic nitrogens is 3. The van der Waals surface area contributed by atoms with Crippen LogP contribution in [0.1, 0.15) is 24.7 Å². The van der Waals surface area contributed by atoms with Gasteiger partial charge in [-0.1, -0.05) is 25.1 Å². The van der Waals surface area contributed by atoms with Crippen LogP contribution in [-0.2, 0) is 6.54 Å². The first kappa shape index (κ1) is 16.4. The van der Waals surface area contributed by atoms with Crippen molar-refractivity contribution < 1.29 is 10.0 Å². The van der Waals surface area contributed by atoms with E-state index >= 15 is 0 Å². The maximum atomic E-state index is 11.7. The fourth-order valence-corrected chi connectivity index (χ4v) is 2.72. The molecule has 0 unspecified atom stereocenters. The Morgan fingerprint density at radius 2 is 2.12 bits per heavy atom. The highest BCUT2D eigenvalue weighted by atomic mass is 16.6. The molecule has 0 amide bonds. The SMILES string of the molecule is CCCn1cc(C=Cc2nc(O)c([N+](=O)[O-])c(=O)[nH]2)c2ccccc21. The molecule has 0 saturated carbocycles. The van der Waals surface area contributed by atoms with E-state index in [1.54, 1.807) is 6.08 Å². The van der Waals surface area contributed by atoms with Crippen molar-refractivity contribution in [3.05, 3.63) is 62.3 Å². The Kier molecular flexibility index (Phi) is 4.34. The zero-order chi connectivity index (χ0) is 18.0. The van der Waals surface area contributed by atoms with Gasteiger partial charge in [0.05, 0.1) is 4.92 Å². The molecule has 128 valence electrons. The summed E-state index contributed by atoms with van der Waals surface area (Å²) in [7, 11) is 0. The summed E-state index contributed by atoms with van der Waals surface area (Å²) < 4.78 is 2.14. The van der Waals surface area contributed by atoms with Gasteiger partial charge in [-0.3, -0.25) is 14.9 Å².